The van der Waals surface area contributed by atoms with Gasteiger partial charge in [0.1, 0.15) is 29.6 Å². The van der Waals surface area contributed by atoms with Gasteiger partial charge >= 0.3 is 0 Å². The van der Waals surface area contributed by atoms with E-state index in [4.69, 9.17) is 4.74 Å². The molecule has 0 bridgehead atoms. The van der Waals surface area contributed by atoms with E-state index in [2.05, 4.69) is 15.3 Å². The molecule has 7 nitrogen and oxygen atoms in total. The van der Waals surface area contributed by atoms with E-state index in [-0.39, 0.29) is 11.7 Å². The SMILES string of the molecule is Cn1c(CCNC(=O)c2cccc(OCc3cn4ccccc4n3)c2)nc2ccc(F)cc21. The van der Waals surface area contributed by atoms with Crippen molar-refractivity contribution >= 4 is 22.6 Å². The minimum atomic E-state index is -0.298. The van der Waals surface area contributed by atoms with Gasteiger partial charge in [0.25, 0.3) is 5.91 Å². The highest BCUT2D eigenvalue weighted by molar-refractivity contribution is 5.94. The van der Waals surface area contributed by atoms with Crippen LogP contribution in [-0.2, 0) is 20.1 Å². The van der Waals surface area contributed by atoms with Gasteiger partial charge in [-0.25, -0.2) is 14.4 Å². The first kappa shape index (κ1) is 20.7. The molecule has 0 aliphatic heterocycles. The molecular weight excluding hydrogens is 421 g/mol. The minimum Gasteiger partial charge on any atom is -0.487 e. The van der Waals surface area contributed by atoms with Crippen LogP contribution in [0.2, 0.25) is 0 Å². The van der Waals surface area contributed by atoms with Crippen molar-refractivity contribution in [3.05, 3.63) is 96.0 Å². The number of hydrogen-bond acceptors (Lipinski definition) is 4. The van der Waals surface area contributed by atoms with Crippen molar-refractivity contribution in [1.82, 2.24) is 24.3 Å². The van der Waals surface area contributed by atoms with Crippen LogP contribution in [0.4, 0.5) is 4.39 Å². The van der Waals surface area contributed by atoms with Crippen LogP contribution in [0.25, 0.3) is 16.7 Å². The molecule has 5 aromatic rings. The number of aromatic nitrogens is 4. The highest BCUT2D eigenvalue weighted by atomic mass is 19.1. The molecule has 1 amide bonds. The van der Waals surface area contributed by atoms with Gasteiger partial charge in [-0.05, 0) is 48.5 Å². The molecule has 0 spiro atoms. The summed E-state index contributed by atoms with van der Waals surface area (Å²) in [5, 5.41) is 2.91. The zero-order valence-electron chi connectivity index (χ0n) is 18.0. The van der Waals surface area contributed by atoms with E-state index in [0.29, 0.717) is 30.9 Å². The monoisotopic (exact) mass is 443 g/mol. The molecule has 0 aliphatic rings. The molecule has 2 aromatic carbocycles. The fourth-order valence-corrected chi connectivity index (χ4v) is 3.77. The second-order valence-electron chi connectivity index (χ2n) is 7.74. The Balaban J connectivity index is 1.19. The number of fused-ring (bicyclic) bond motifs is 2. The van der Waals surface area contributed by atoms with Crippen molar-refractivity contribution in [2.24, 2.45) is 7.05 Å². The molecule has 5 rings (SSSR count). The Bertz CT molecular complexity index is 1420. The van der Waals surface area contributed by atoms with E-state index >= 15 is 0 Å². The third-order valence-corrected chi connectivity index (χ3v) is 5.47. The second-order valence-corrected chi connectivity index (χ2v) is 7.74. The first-order chi connectivity index (χ1) is 16.1. The lowest BCUT2D eigenvalue weighted by molar-refractivity contribution is 0.0953. The molecular formula is C25H22FN5O2. The lowest BCUT2D eigenvalue weighted by Crippen LogP contribution is -2.26. The van der Waals surface area contributed by atoms with E-state index < -0.39 is 0 Å². The second kappa shape index (κ2) is 8.74. The predicted molar refractivity (Wildman–Crippen MR) is 123 cm³/mol. The number of aryl methyl sites for hydroxylation is 1. The number of nitrogens with one attached hydrogen (secondary N) is 1. The largest absolute Gasteiger partial charge is 0.487 e. The Morgan fingerprint density at radius 3 is 2.88 bits per heavy atom. The molecule has 1 N–H and O–H groups in total. The summed E-state index contributed by atoms with van der Waals surface area (Å²) in [7, 11) is 1.84. The molecule has 0 saturated heterocycles. The third-order valence-electron chi connectivity index (χ3n) is 5.47. The van der Waals surface area contributed by atoms with Crippen LogP contribution in [0.3, 0.4) is 0 Å². The van der Waals surface area contributed by atoms with Gasteiger partial charge in [0, 0.05) is 38.0 Å². The molecule has 3 aromatic heterocycles. The van der Waals surface area contributed by atoms with Gasteiger partial charge in [-0.2, -0.15) is 0 Å². The van der Waals surface area contributed by atoms with E-state index in [1.54, 1.807) is 24.3 Å². The first-order valence-corrected chi connectivity index (χ1v) is 10.6. The van der Waals surface area contributed by atoms with Gasteiger partial charge < -0.3 is 19.0 Å². The molecule has 8 heteroatoms. The Labute approximate surface area is 189 Å². The lowest BCUT2D eigenvalue weighted by Gasteiger charge is -2.08. The Morgan fingerprint density at radius 1 is 1.09 bits per heavy atom. The number of imidazole rings is 2. The normalized spacial score (nSPS) is 11.2. The number of halogens is 1. The average Bonchev–Trinajstić information content (AvgIpc) is 3.38. The van der Waals surface area contributed by atoms with E-state index in [1.165, 1.54) is 12.1 Å². The standard InChI is InChI=1S/C25H22FN5O2/c1-30-22-14-18(26)8-9-21(22)29-23(30)10-11-27-25(32)17-5-4-6-20(13-17)33-16-19-15-31-12-3-2-7-24(31)28-19/h2-9,12-15H,10-11,16H2,1H3,(H,27,32). The molecule has 0 atom stereocenters. The van der Waals surface area contributed by atoms with Crippen molar-refractivity contribution in [3.8, 4) is 5.75 Å². The number of rotatable bonds is 7. The van der Waals surface area contributed by atoms with E-state index in [9.17, 15) is 9.18 Å². The predicted octanol–water partition coefficient (Wildman–Crippen LogP) is 3.91. The molecule has 0 radical (unpaired) electrons. The molecule has 0 fully saturated rings. The quantitative estimate of drug-likeness (QED) is 0.414. The number of pyridine rings is 1. The smallest absolute Gasteiger partial charge is 0.251 e. The zero-order valence-corrected chi connectivity index (χ0v) is 18.0. The zero-order chi connectivity index (χ0) is 22.8. The minimum absolute atomic E-state index is 0.196. The fourth-order valence-electron chi connectivity index (χ4n) is 3.77. The first-order valence-electron chi connectivity index (χ1n) is 10.6. The molecule has 0 unspecified atom stereocenters. The van der Waals surface area contributed by atoms with Crippen LogP contribution in [-0.4, -0.2) is 31.4 Å². The number of carbonyl (C=O) groups is 1. The van der Waals surface area contributed by atoms with Crippen LogP contribution in [0.5, 0.6) is 5.75 Å². The highest BCUT2D eigenvalue weighted by Gasteiger charge is 2.11. The topological polar surface area (TPSA) is 73.5 Å². The van der Waals surface area contributed by atoms with Crippen molar-refractivity contribution in [3.63, 3.8) is 0 Å². The third kappa shape index (κ3) is 4.41. The summed E-state index contributed by atoms with van der Waals surface area (Å²) in [5.74, 6) is 0.879. The molecule has 0 saturated carbocycles. The number of benzene rings is 2. The summed E-state index contributed by atoms with van der Waals surface area (Å²) < 4.78 is 23.1. The maximum Gasteiger partial charge on any atom is 0.251 e. The summed E-state index contributed by atoms with van der Waals surface area (Å²) in [6.45, 7) is 0.713. The van der Waals surface area contributed by atoms with Gasteiger partial charge in [0.05, 0.1) is 16.7 Å². The number of hydrogen-bond donors (Lipinski definition) is 1. The maximum absolute atomic E-state index is 13.5. The van der Waals surface area contributed by atoms with Gasteiger partial charge in [0.15, 0.2) is 0 Å². The maximum atomic E-state index is 13.5. The summed E-state index contributed by atoms with van der Waals surface area (Å²) in [4.78, 5) is 21.7. The summed E-state index contributed by atoms with van der Waals surface area (Å²) in [5.41, 5.74) is 3.63. The molecule has 0 aliphatic carbocycles. The molecule has 3 heterocycles. The van der Waals surface area contributed by atoms with Gasteiger partial charge in [-0.3, -0.25) is 4.79 Å². The fraction of sp³-hybridized carbons (Fsp3) is 0.160. The van der Waals surface area contributed by atoms with Crippen LogP contribution in [0, 0.1) is 5.82 Å². The number of ether oxygens (including phenoxy) is 1. The van der Waals surface area contributed by atoms with Crippen molar-refractivity contribution in [2.45, 2.75) is 13.0 Å². The highest BCUT2D eigenvalue weighted by Crippen LogP contribution is 2.17. The number of carbonyl (C=O) groups excluding carboxylic acids is 1. The summed E-state index contributed by atoms with van der Waals surface area (Å²) in [6.07, 6.45) is 4.38. The van der Waals surface area contributed by atoms with Crippen LogP contribution in [0.15, 0.2) is 73.1 Å². The van der Waals surface area contributed by atoms with E-state index in [0.717, 1.165) is 28.2 Å². The Morgan fingerprint density at radius 2 is 2.00 bits per heavy atom. The number of nitrogens with zero attached hydrogens (tertiary/aromatic N) is 4. The summed E-state index contributed by atoms with van der Waals surface area (Å²) in [6, 6.07) is 17.4. The van der Waals surface area contributed by atoms with Crippen molar-refractivity contribution in [1.29, 1.82) is 0 Å². The van der Waals surface area contributed by atoms with Gasteiger partial charge in [-0.1, -0.05) is 12.1 Å². The Kier molecular flexibility index (Phi) is 5.48. The van der Waals surface area contributed by atoms with E-state index in [1.807, 2.05) is 52.7 Å². The van der Waals surface area contributed by atoms with Crippen LogP contribution < -0.4 is 10.1 Å². The van der Waals surface area contributed by atoms with Gasteiger partial charge in [0.2, 0.25) is 0 Å². The number of amides is 1. The van der Waals surface area contributed by atoms with Crippen molar-refractivity contribution in [2.75, 3.05) is 6.54 Å². The lowest BCUT2D eigenvalue weighted by atomic mass is 10.2. The van der Waals surface area contributed by atoms with Crippen molar-refractivity contribution < 1.29 is 13.9 Å². The van der Waals surface area contributed by atoms with Crippen LogP contribution in [0.1, 0.15) is 21.9 Å². The average molecular weight is 443 g/mol. The van der Waals surface area contributed by atoms with Crippen LogP contribution >= 0.6 is 0 Å². The van der Waals surface area contributed by atoms with Gasteiger partial charge in [-0.15, -0.1) is 0 Å². The molecule has 166 valence electrons. The Hall–Kier alpha value is -4.20. The molecule has 33 heavy (non-hydrogen) atoms. The summed E-state index contributed by atoms with van der Waals surface area (Å²) >= 11 is 0.